The average Bonchev–Trinajstić information content (AvgIpc) is 2.69. The summed E-state index contributed by atoms with van der Waals surface area (Å²) in [5.41, 5.74) is 6.75. The highest BCUT2D eigenvalue weighted by atomic mass is 32.1. The zero-order valence-corrected chi connectivity index (χ0v) is 9.50. The highest BCUT2D eigenvalue weighted by molar-refractivity contribution is 7.18. The number of unbranched alkanes of at least 4 members (excludes halogenated alkanes) is 1. The van der Waals surface area contributed by atoms with E-state index in [1.54, 1.807) is 23.7 Å². The van der Waals surface area contributed by atoms with Crippen LogP contribution in [0, 0.1) is 0 Å². The quantitative estimate of drug-likeness (QED) is 0.862. The summed E-state index contributed by atoms with van der Waals surface area (Å²) < 4.78 is 0. The molecule has 5 heteroatoms. The molecule has 2 rings (SSSR count). The van der Waals surface area contributed by atoms with Crippen LogP contribution in [0.3, 0.4) is 0 Å². The van der Waals surface area contributed by atoms with Crippen LogP contribution in [0.25, 0.3) is 10.5 Å². The van der Waals surface area contributed by atoms with E-state index in [1.807, 2.05) is 0 Å². The molecule has 80 valence electrons. The number of hydrogen-bond donors (Lipinski definition) is 1. The summed E-state index contributed by atoms with van der Waals surface area (Å²) in [6.45, 7) is 2.16. The van der Waals surface area contributed by atoms with Gasteiger partial charge in [0.25, 0.3) is 0 Å². The molecule has 0 bridgehead atoms. The van der Waals surface area contributed by atoms with Crippen LogP contribution in [0.2, 0.25) is 0 Å². The van der Waals surface area contributed by atoms with Gasteiger partial charge in [-0.05, 0) is 6.42 Å². The number of nitrogens with two attached hydrogens (primary N) is 1. The van der Waals surface area contributed by atoms with Gasteiger partial charge >= 0.3 is 0 Å². The summed E-state index contributed by atoms with van der Waals surface area (Å²) in [5.74, 6) is 0. The lowest BCUT2D eigenvalue weighted by atomic mass is 10.1. The number of thiazole rings is 1. The minimum absolute atomic E-state index is 0.0333. The van der Waals surface area contributed by atoms with Crippen LogP contribution in [0.15, 0.2) is 12.4 Å². The van der Waals surface area contributed by atoms with E-state index in [0.717, 1.165) is 29.1 Å². The Morgan fingerprint density at radius 2 is 2.20 bits per heavy atom. The fourth-order valence-corrected chi connectivity index (χ4v) is 2.30. The second-order valence-electron chi connectivity index (χ2n) is 3.49. The Labute approximate surface area is 92.6 Å². The first-order valence-corrected chi connectivity index (χ1v) is 5.96. The lowest BCUT2D eigenvalue weighted by Crippen LogP contribution is -2.09. The van der Waals surface area contributed by atoms with Crippen LogP contribution in [-0.4, -0.2) is 15.0 Å². The summed E-state index contributed by atoms with van der Waals surface area (Å²) in [6.07, 6.45) is 6.62. The molecule has 0 aromatic carbocycles. The number of hydrogen-bond acceptors (Lipinski definition) is 5. The summed E-state index contributed by atoms with van der Waals surface area (Å²) in [5, 5.41) is 0.949. The van der Waals surface area contributed by atoms with Crippen LogP contribution >= 0.6 is 11.3 Å². The molecule has 4 nitrogen and oxygen atoms in total. The highest BCUT2D eigenvalue weighted by Crippen LogP contribution is 2.24. The third-order valence-electron chi connectivity index (χ3n) is 2.25. The van der Waals surface area contributed by atoms with Crippen molar-refractivity contribution in [2.45, 2.75) is 32.2 Å². The van der Waals surface area contributed by atoms with Gasteiger partial charge in [0.1, 0.15) is 5.01 Å². The van der Waals surface area contributed by atoms with E-state index in [4.69, 9.17) is 5.73 Å². The van der Waals surface area contributed by atoms with E-state index in [-0.39, 0.29) is 6.04 Å². The van der Waals surface area contributed by atoms with Gasteiger partial charge in [-0.15, -0.1) is 0 Å². The van der Waals surface area contributed by atoms with Gasteiger partial charge in [-0.25, -0.2) is 15.0 Å². The first-order chi connectivity index (χ1) is 7.31. The molecule has 1 unspecified atom stereocenters. The summed E-state index contributed by atoms with van der Waals surface area (Å²) in [6, 6.07) is 0.0333. The summed E-state index contributed by atoms with van der Waals surface area (Å²) in [7, 11) is 0. The Morgan fingerprint density at radius 1 is 1.40 bits per heavy atom. The van der Waals surface area contributed by atoms with E-state index in [9.17, 15) is 0 Å². The first-order valence-electron chi connectivity index (χ1n) is 5.14. The molecule has 2 heterocycles. The minimum Gasteiger partial charge on any atom is -0.322 e. The van der Waals surface area contributed by atoms with Crippen molar-refractivity contribution < 1.29 is 0 Å². The maximum absolute atomic E-state index is 6.04. The molecule has 0 aliphatic rings. The van der Waals surface area contributed by atoms with E-state index >= 15 is 0 Å². The molecule has 15 heavy (non-hydrogen) atoms. The maximum Gasteiger partial charge on any atom is 0.189 e. The molecule has 0 radical (unpaired) electrons. The molecule has 2 N–H and O–H groups in total. The van der Waals surface area contributed by atoms with Gasteiger partial charge < -0.3 is 5.73 Å². The standard InChI is InChI=1S/C10H14N4S/c1-2-3-4-7(11)9-14-8-10(15-9)13-6-5-12-8/h5-7H,2-4,11H2,1H3. The molecule has 1 atom stereocenters. The lowest BCUT2D eigenvalue weighted by molar-refractivity contribution is 0.601. The number of fused-ring (bicyclic) bond motifs is 1. The number of aromatic nitrogens is 3. The Hall–Kier alpha value is -1.07. The van der Waals surface area contributed by atoms with Crippen molar-refractivity contribution in [3.05, 3.63) is 17.4 Å². The van der Waals surface area contributed by atoms with Crippen molar-refractivity contribution in [2.24, 2.45) is 5.73 Å². The fourth-order valence-electron chi connectivity index (χ4n) is 1.40. The molecule has 0 saturated carbocycles. The largest absolute Gasteiger partial charge is 0.322 e. The molecule has 2 aromatic rings. The first kappa shape index (κ1) is 10.4. The van der Waals surface area contributed by atoms with Gasteiger partial charge in [0.2, 0.25) is 0 Å². The third kappa shape index (κ3) is 2.30. The molecule has 0 spiro atoms. The van der Waals surface area contributed by atoms with Gasteiger partial charge in [0.15, 0.2) is 10.5 Å². The zero-order valence-electron chi connectivity index (χ0n) is 8.68. The topological polar surface area (TPSA) is 64.7 Å². The van der Waals surface area contributed by atoms with Gasteiger partial charge in [0, 0.05) is 12.4 Å². The van der Waals surface area contributed by atoms with E-state index in [1.165, 1.54) is 0 Å². The normalized spacial score (nSPS) is 13.2. The number of rotatable bonds is 4. The van der Waals surface area contributed by atoms with Crippen molar-refractivity contribution in [1.82, 2.24) is 15.0 Å². The molecular formula is C10H14N4S. The number of nitrogens with zero attached hydrogens (tertiary/aromatic N) is 3. The molecule has 0 aliphatic heterocycles. The van der Waals surface area contributed by atoms with Crippen LogP contribution in [0.5, 0.6) is 0 Å². The molecule has 0 amide bonds. The third-order valence-corrected chi connectivity index (χ3v) is 3.33. The summed E-state index contributed by atoms with van der Waals surface area (Å²) in [4.78, 5) is 13.6. The van der Waals surface area contributed by atoms with E-state index in [0.29, 0.717) is 5.65 Å². The van der Waals surface area contributed by atoms with Gasteiger partial charge in [-0.1, -0.05) is 31.1 Å². The van der Waals surface area contributed by atoms with Crippen molar-refractivity contribution in [3.8, 4) is 0 Å². The average molecular weight is 222 g/mol. The van der Waals surface area contributed by atoms with Crippen molar-refractivity contribution in [1.29, 1.82) is 0 Å². The monoisotopic (exact) mass is 222 g/mol. The Morgan fingerprint density at radius 3 is 2.93 bits per heavy atom. The van der Waals surface area contributed by atoms with Crippen LogP contribution in [-0.2, 0) is 0 Å². The SMILES string of the molecule is CCCCC(N)c1nc2nccnc2s1. The van der Waals surface area contributed by atoms with Gasteiger partial charge in [-0.3, -0.25) is 0 Å². The minimum atomic E-state index is 0.0333. The predicted molar refractivity (Wildman–Crippen MR) is 61.7 cm³/mol. The second-order valence-corrected chi connectivity index (χ2v) is 4.50. The smallest absolute Gasteiger partial charge is 0.189 e. The van der Waals surface area contributed by atoms with Crippen LogP contribution in [0.4, 0.5) is 0 Å². The molecule has 0 saturated heterocycles. The van der Waals surface area contributed by atoms with Gasteiger partial charge in [0.05, 0.1) is 6.04 Å². The Balaban J connectivity index is 2.20. The van der Waals surface area contributed by atoms with Crippen molar-refractivity contribution in [3.63, 3.8) is 0 Å². The molecule has 2 aromatic heterocycles. The predicted octanol–water partition coefficient (Wildman–Crippen LogP) is 2.28. The lowest BCUT2D eigenvalue weighted by Gasteiger charge is -2.05. The summed E-state index contributed by atoms with van der Waals surface area (Å²) >= 11 is 1.55. The Kier molecular flexibility index (Phi) is 3.23. The molecule has 0 fully saturated rings. The molecule has 0 aliphatic carbocycles. The highest BCUT2D eigenvalue weighted by Gasteiger charge is 2.12. The maximum atomic E-state index is 6.04. The van der Waals surface area contributed by atoms with E-state index < -0.39 is 0 Å². The Bertz CT molecular complexity index is 407. The van der Waals surface area contributed by atoms with E-state index in [2.05, 4.69) is 21.9 Å². The second kappa shape index (κ2) is 4.63. The van der Waals surface area contributed by atoms with Crippen molar-refractivity contribution >= 4 is 21.8 Å². The van der Waals surface area contributed by atoms with Crippen LogP contribution < -0.4 is 5.73 Å². The van der Waals surface area contributed by atoms with Crippen molar-refractivity contribution in [2.75, 3.05) is 0 Å². The fraction of sp³-hybridized carbons (Fsp3) is 0.500. The van der Waals surface area contributed by atoms with Gasteiger partial charge in [-0.2, -0.15) is 0 Å². The molecular weight excluding hydrogens is 208 g/mol. The zero-order chi connectivity index (χ0) is 10.7. The van der Waals surface area contributed by atoms with Crippen LogP contribution in [0.1, 0.15) is 37.2 Å².